The van der Waals surface area contributed by atoms with Gasteiger partial charge >= 0.3 is 0 Å². The molecule has 29 heavy (non-hydrogen) atoms. The van der Waals surface area contributed by atoms with Gasteiger partial charge in [0.1, 0.15) is 0 Å². The van der Waals surface area contributed by atoms with Crippen molar-refractivity contribution in [1.82, 2.24) is 0 Å². The third kappa shape index (κ3) is 3.43. The van der Waals surface area contributed by atoms with E-state index in [1.165, 1.54) is 55.8 Å². The second-order valence-corrected chi connectivity index (χ2v) is 14.3. The van der Waals surface area contributed by atoms with E-state index in [4.69, 9.17) is 0 Å². The SMILES string of the molecule is C[C@@H](C1CC[C@H]2[C@@H]3CC[C@H]4C[C@@H]([N+](C)(C)C)CC[C@]4(C)[C@H]3CC[C@]12C)[N+](C)(C)C. The summed E-state index contributed by atoms with van der Waals surface area (Å²) in [5.74, 6) is 4.97. The first-order valence-corrected chi connectivity index (χ1v) is 12.9. The topological polar surface area (TPSA) is 0 Å². The Morgan fingerprint density at radius 3 is 1.97 bits per heavy atom. The summed E-state index contributed by atoms with van der Waals surface area (Å²) >= 11 is 0. The summed E-state index contributed by atoms with van der Waals surface area (Å²) in [7, 11) is 14.6. The van der Waals surface area contributed by atoms with Crippen LogP contribution in [-0.4, -0.2) is 63.3 Å². The van der Waals surface area contributed by atoms with E-state index in [2.05, 4.69) is 63.1 Å². The molecule has 0 aliphatic heterocycles. The van der Waals surface area contributed by atoms with Gasteiger partial charge in [-0.05, 0) is 92.8 Å². The number of fused-ring (bicyclic) bond motifs is 5. The highest BCUT2D eigenvalue weighted by atomic mass is 15.3. The molecule has 0 N–H and O–H groups in total. The van der Waals surface area contributed by atoms with Gasteiger partial charge in [0.25, 0.3) is 0 Å². The molecule has 2 heteroatoms. The van der Waals surface area contributed by atoms with Crippen molar-refractivity contribution in [2.45, 2.75) is 90.6 Å². The summed E-state index contributed by atoms with van der Waals surface area (Å²) in [6, 6.07) is 1.67. The van der Waals surface area contributed by atoms with E-state index in [-0.39, 0.29) is 0 Å². The Morgan fingerprint density at radius 2 is 1.34 bits per heavy atom. The Hall–Kier alpha value is -0.0800. The van der Waals surface area contributed by atoms with E-state index in [1.54, 1.807) is 6.42 Å². The van der Waals surface area contributed by atoms with Gasteiger partial charge in [-0.25, -0.2) is 0 Å². The normalized spacial score (nSPS) is 49.1. The molecule has 4 aliphatic carbocycles. The molecule has 0 bridgehead atoms. The van der Waals surface area contributed by atoms with Crippen molar-refractivity contribution >= 4 is 0 Å². The monoisotopic (exact) mass is 404 g/mol. The van der Waals surface area contributed by atoms with Crippen LogP contribution in [0.2, 0.25) is 0 Å². The van der Waals surface area contributed by atoms with Crippen LogP contribution < -0.4 is 0 Å². The van der Waals surface area contributed by atoms with Gasteiger partial charge in [0, 0.05) is 12.3 Å². The lowest BCUT2D eigenvalue weighted by molar-refractivity contribution is -0.899. The highest BCUT2D eigenvalue weighted by molar-refractivity contribution is 5.10. The van der Waals surface area contributed by atoms with Gasteiger partial charge in [0.15, 0.2) is 0 Å². The molecule has 2 nitrogen and oxygen atoms in total. The molecule has 0 saturated heterocycles. The van der Waals surface area contributed by atoms with Crippen LogP contribution in [0, 0.1) is 40.4 Å². The number of nitrogens with zero attached hydrogens (tertiary/aromatic N) is 2. The smallest absolute Gasteiger partial charge is 0.0889 e. The molecule has 4 saturated carbocycles. The average Bonchev–Trinajstić information content (AvgIpc) is 2.95. The van der Waals surface area contributed by atoms with E-state index in [1.807, 2.05) is 0 Å². The molecule has 4 fully saturated rings. The molecule has 0 amide bonds. The summed E-state index contributed by atoms with van der Waals surface area (Å²) in [5, 5.41) is 0. The van der Waals surface area contributed by atoms with Crippen LogP contribution in [-0.2, 0) is 0 Å². The number of hydrogen-bond acceptors (Lipinski definition) is 0. The number of hydrogen-bond donors (Lipinski definition) is 0. The van der Waals surface area contributed by atoms with Crippen molar-refractivity contribution in [3.63, 3.8) is 0 Å². The van der Waals surface area contributed by atoms with Gasteiger partial charge in [-0.15, -0.1) is 0 Å². The molecule has 9 atom stereocenters. The minimum absolute atomic E-state index is 0.606. The second kappa shape index (κ2) is 6.96. The Bertz CT molecular complexity index is 613. The minimum atomic E-state index is 0.606. The Balaban J connectivity index is 1.55. The lowest BCUT2D eigenvalue weighted by atomic mass is 9.44. The molecule has 0 aromatic rings. The summed E-state index contributed by atoms with van der Waals surface area (Å²) in [6.07, 6.45) is 13.6. The van der Waals surface area contributed by atoms with Gasteiger partial charge in [0.2, 0.25) is 0 Å². The maximum Gasteiger partial charge on any atom is 0.0889 e. The van der Waals surface area contributed by atoms with E-state index >= 15 is 0 Å². The largest absolute Gasteiger partial charge is 0.328 e. The third-order valence-electron chi connectivity index (χ3n) is 11.6. The van der Waals surface area contributed by atoms with E-state index < -0.39 is 0 Å². The van der Waals surface area contributed by atoms with Crippen molar-refractivity contribution in [2.24, 2.45) is 40.4 Å². The fourth-order valence-electron chi connectivity index (χ4n) is 9.31. The molecular formula is C27H52N2+2. The van der Waals surface area contributed by atoms with Crippen molar-refractivity contribution < 1.29 is 8.97 Å². The first kappa shape index (κ1) is 22.1. The minimum Gasteiger partial charge on any atom is -0.328 e. The van der Waals surface area contributed by atoms with Gasteiger partial charge < -0.3 is 8.97 Å². The summed E-state index contributed by atoms with van der Waals surface area (Å²) in [4.78, 5) is 0. The van der Waals surface area contributed by atoms with Crippen LogP contribution in [0.3, 0.4) is 0 Å². The molecule has 1 unspecified atom stereocenters. The number of rotatable bonds is 3. The lowest BCUT2D eigenvalue weighted by Crippen LogP contribution is -2.58. The maximum absolute atomic E-state index is 2.74. The predicted octanol–water partition coefficient (Wildman–Crippen LogP) is 5.81. The lowest BCUT2D eigenvalue weighted by Gasteiger charge is -2.62. The summed E-state index contributed by atoms with van der Waals surface area (Å²) in [5.41, 5.74) is 1.24. The number of quaternary nitrogens is 2. The summed E-state index contributed by atoms with van der Waals surface area (Å²) < 4.78 is 2.30. The molecular weight excluding hydrogens is 352 g/mol. The molecule has 0 aromatic heterocycles. The zero-order chi connectivity index (χ0) is 21.4. The molecule has 0 spiro atoms. The van der Waals surface area contributed by atoms with Gasteiger partial charge in [-0.3, -0.25) is 0 Å². The first-order chi connectivity index (χ1) is 13.3. The predicted molar refractivity (Wildman–Crippen MR) is 125 cm³/mol. The molecule has 4 rings (SSSR count). The van der Waals surface area contributed by atoms with E-state index in [0.717, 1.165) is 46.2 Å². The highest BCUT2D eigenvalue weighted by Gasteiger charge is 2.62. The average molecular weight is 405 g/mol. The third-order valence-corrected chi connectivity index (χ3v) is 11.6. The maximum atomic E-state index is 2.74. The van der Waals surface area contributed by atoms with Crippen molar-refractivity contribution in [3.05, 3.63) is 0 Å². The second-order valence-electron chi connectivity index (χ2n) is 14.3. The standard InChI is InChI=1S/C27H52N2/c1-19(28(4,5)6)23-12-13-24-22-11-10-20-18-21(29(7,8)9)14-16-26(20,2)25(22)15-17-27(23,24)3/h19-25H,10-18H2,1-9H3/q+2/t19-,20-,21-,22-,23?,24-,25-,26-,27+/m0/s1. The van der Waals surface area contributed by atoms with Crippen LogP contribution in [0.15, 0.2) is 0 Å². The van der Waals surface area contributed by atoms with Crippen LogP contribution in [0.4, 0.5) is 0 Å². The fourth-order valence-corrected chi connectivity index (χ4v) is 9.31. The molecule has 168 valence electrons. The van der Waals surface area contributed by atoms with E-state index in [0.29, 0.717) is 10.8 Å². The quantitative estimate of drug-likeness (QED) is 0.520. The van der Waals surface area contributed by atoms with Crippen LogP contribution in [0.5, 0.6) is 0 Å². The van der Waals surface area contributed by atoms with Crippen LogP contribution in [0.25, 0.3) is 0 Å². The Labute approximate surface area is 182 Å². The van der Waals surface area contributed by atoms with Gasteiger partial charge in [-0.1, -0.05) is 13.8 Å². The molecule has 0 aromatic carbocycles. The van der Waals surface area contributed by atoms with Gasteiger partial charge in [-0.2, -0.15) is 0 Å². The van der Waals surface area contributed by atoms with Gasteiger partial charge in [0.05, 0.1) is 54.4 Å². The van der Waals surface area contributed by atoms with E-state index in [9.17, 15) is 0 Å². The van der Waals surface area contributed by atoms with Crippen molar-refractivity contribution in [3.8, 4) is 0 Å². The molecule has 4 aliphatic rings. The molecule has 0 heterocycles. The fraction of sp³-hybridized carbons (Fsp3) is 1.00. The highest BCUT2D eigenvalue weighted by Crippen LogP contribution is 2.68. The zero-order valence-corrected chi connectivity index (χ0v) is 21.3. The van der Waals surface area contributed by atoms with Crippen molar-refractivity contribution in [2.75, 3.05) is 42.3 Å². The Morgan fingerprint density at radius 1 is 0.724 bits per heavy atom. The molecule has 0 radical (unpaired) electrons. The first-order valence-electron chi connectivity index (χ1n) is 12.9. The van der Waals surface area contributed by atoms with Crippen molar-refractivity contribution in [1.29, 1.82) is 0 Å². The van der Waals surface area contributed by atoms with Crippen LogP contribution in [0.1, 0.15) is 78.6 Å². The summed E-state index contributed by atoms with van der Waals surface area (Å²) in [6.45, 7) is 8.01. The Kier molecular flexibility index (Phi) is 5.31. The van der Waals surface area contributed by atoms with Crippen LogP contribution >= 0.6 is 0 Å². The zero-order valence-electron chi connectivity index (χ0n) is 21.3.